The van der Waals surface area contributed by atoms with Crippen molar-refractivity contribution in [2.75, 3.05) is 52.0 Å². The number of hydrogen-bond acceptors (Lipinski definition) is 7. The van der Waals surface area contributed by atoms with Crippen LogP contribution in [0.2, 0.25) is 0 Å². The normalized spacial score (nSPS) is 13.1. The zero-order chi connectivity index (χ0) is 35.7. The van der Waals surface area contributed by atoms with Gasteiger partial charge in [-0.3, -0.25) is 14.3 Å². The second-order valence-corrected chi connectivity index (χ2v) is 12.7. The van der Waals surface area contributed by atoms with Crippen LogP contribution in [0.3, 0.4) is 0 Å². The first-order valence-corrected chi connectivity index (χ1v) is 16.3. The summed E-state index contributed by atoms with van der Waals surface area (Å²) in [5.41, 5.74) is 6.89. The summed E-state index contributed by atoms with van der Waals surface area (Å²) >= 11 is 0. The van der Waals surface area contributed by atoms with Gasteiger partial charge in [-0.25, -0.2) is 4.79 Å². The summed E-state index contributed by atoms with van der Waals surface area (Å²) in [6, 6.07) is 16.9. The van der Waals surface area contributed by atoms with Gasteiger partial charge in [0.1, 0.15) is 11.5 Å². The van der Waals surface area contributed by atoms with Gasteiger partial charge in [-0.2, -0.15) is 5.10 Å². The smallest absolute Gasteiger partial charge is 0.323 e. The summed E-state index contributed by atoms with van der Waals surface area (Å²) in [5.74, 6) is 0.783. The molecule has 0 bridgehead atoms. The molecule has 6 rings (SSSR count). The van der Waals surface area contributed by atoms with Crippen LogP contribution in [0.25, 0.3) is 28.2 Å². The Morgan fingerprint density at radius 1 is 1.00 bits per heavy atom. The summed E-state index contributed by atoms with van der Waals surface area (Å²) in [5, 5.41) is 11.0. The number of methoxy groups -OCH3 is 1. The fourth-order valence-corrected chi connectivity index (χ4v) is 6.17. The van der Waals surface area contributed by atoms with E-state index in [9.17, 15) is 14.4 Å². The van der Waals surface area contributed by atoms with Crippen LogP contribution in [0.15, 0.2) is 66.4 Å². The van der Waals surface area contributed by atoms with Crippen LogP contribution in [0.4, 0.5) is 16.2 Å². The molecule has 50 heavy (non-hydrogen) atoms. The average Bonchev–Trinajstić information content (AvgIpc) is 3.68. The standard InChI is InChI=1S/C38H41N7O5/c1-22-34(23(2)45(6)42-22)35-29(28-20-27(49-7)13-14-31(28)41-35)21-33-36(46)30-19-26(12-15-32(30)50-33)40-38(48)39-25-11-8-10-24(18-25)37(47)44(5)17-9-16-43(3)4/h8,10-15,18-21,41H,9,16-17H2,1-7H3,(H2,39,40,48). The van der Waals surface area contributed by atoms with Crippen LogP contribution in [-0.4, -0.2) is 83.6 Å². The van der Waals surface area contributed by atoms with E-state index in [1.807, 2.05) is 57.9 Å². The number of Topliss-reactive ketones (excluding diaryl/α,β-unsaturated/α-hetero) is 1. The summed E-state index contributed by atoms with van der Waals surface area (Å²) < 4.78 is 13.4. The van der Waals surface area contributed by atoms with E-state index in [-0.39, 0.29) is 17.4 Å². The molecule has 0 unspecified atom stereocenters. The van der Waals surface area contributed by atoms with Gasteiger partial charge in [-0.15, -0.1) is 0 Å². The highest BCUT2D eigenvalue weighted by Gasteiger charge is 2.29. The van der Waals surface area contributed by atoms with Gasteiger partial charge in [0.15, 0.2) is 5.76 Å². The number of amides is 3. The van der Waals surface area contributed by atoms with Crippen LogP contribution in [0.5, 0.6) is 11.5 Å². The van der Waals surface area contributed by atoms with Gasteiger partial charge in [0.25, 0.3) is 5.91 Å². The second-order valence-electron chi connectivity index (χ2n) is 12.7. The number of nitrogens with one attached hydrogen (secondary N) is 3. The average molecular weight is 676 g/mol. The third kappa shape index (κ3) is 6.83. The van der Waals surface area contributed by atoms with Crippen molar-refractivity contribution in [2.45, 2.75) is 20.3 Å². The highest BCUT2D eigenvalue weighted by Crippen LogP contribution is 2.39. The molecule has 3 aromatic carbocycles. The second kappa shape index (κ2) is 13.9. The molecule has 5 aromatic rings. The van der Waals surface area contributed by atoms with E-state index in [1.165, 1.54) is 0 Å². The molecule has 1 aliphatic heterocycles. The largest absolute Gasteiger partial charge is 0.497 e. The summed E-state index contributed by atoms with van der Waals surface area (Å²) in [4.78, 5) is 47.0. The van der Waals surface area contributed by atoms with Crippen LogP contribution in [0.1, 0.15) is 44.1 Å². The Bertz CT molecular complexity index is 2160. The van der Waals surface area contributed by atoms with Crippen LogP contribution < -0.4 is 20.1 Å². The molecular weight excluding hydrogens is 634 g/mol. The Hall–Kier alpha value is -5.88. The fraction of sp³-hybridized carbons (Fsp3) is 0.263. The van der Waals surface area contributed by atoms with Crippen molar-refractivity contribution in [2.24, 2.45) is 7.05 Å². The molecule has 3 heterocycles. The van der Waals surface area contributed by atoms with E-state index in [2.05, 4.69) is 25.6 Å². The number of nitrogens with zero attached hydrogens (tertiary/aromatic N) is 4. The number of allylic oxidation sites excluding steroid dienone is 1. The van der Waals surface area contributed by atoms with Crippen molar-refractivity contribution < 1.29 is 23.9 Å². The molecule has 1 aliphatic rings. The van der Waals surface area contributed by atoms with Crippen LogP contribution in [0, 0.1) is 13.8 Å². The molecule has 0 spiro atoms. The maximum absolute atomic E-state index is 13.7. The first-order valence-electron chi connectivity index (χ1n) is 16.3. The minimum atomic E-state index is -0.518. The maximum Gasteiger partial charge on any atom is 0.323 e. The van der Waals surface area contributed by atoms with E-state index in [1.54, 1.807) is 67.6 Å². The molecule has 12 heteroatoms. The van der Waals surface area contributed by atoms with Gasteiger partial charge >= 0.3 is 6.03 Å². The van der Waals surface area contributed by atoms with E-state index in [4.69, 9.17) is 9.47 Å². The molecular formula is C38H41N7O5. The van der Waals surface area contributed by atoms with Crippen molar-refractivity contribution in [1.82, 2.24) is 24.6 Å². The summed E-state index contributed by atoms with van der Waals surface area (Å²) in [6.07, 6.45) is 2.60. The third-order valence-corrected chi connectivity index (χ3v) is 8.82. The Morgan fingerprint density at radius 2 is 1.76 bits per heavy atom. The van der Waals surface area contributed by atoms with Crippen LogP contribution >= 0.6 is 0 Å². The number of carbonyl (C=O) groups excluding carboxylic acids is 3. The quantitative estimate of drug-likeness (QED) is 0.144. The first kappa shape index (κ1) is 34.0. The lowest BCUT2D eigenvalue weighted by atomic mass is 10.0. The van der Waals surface area contributed by atoms with Crippen molar-refractivity contribution in [1.29, 1.82) is 0 Å². The van der Waals surface area contributed by atoms with Crippen molar-refractivity contribution in [3.63, 3.8) is 0 Å². The van der Waals surface area contributed by atoms with Gasteiger partial charge in [-0.05, 0) is 102 Å². The number of ether oxygens (including phenoxy) is 2. The summed E-state index contributed by atoms with van der Waals surface area (Å²) in [6.45, 7) is 5.45. The van der Waals surface area contributed by atoms with Crippen molar-refractivity contribution >= 4 is 46.1 Å². The molecule has 12 nitrogen and oxygen atoms in total. The lowest BCUT2D eigenvalue weighted by Crippen LogP contribution is -2.29. The number of aromatic amines is 1. The van der Waals surface area contributed by atoms with E-state index in [0.717, 1.165) is 52.1 Å². The van der Waals surface area contributed by atoms with Gasteiger partial charge in [0.2, 0.25) is 5.78 Å². The monoisotopic (exact) mass is 675 g/mol. The Labute approximate surface area is 290 Å². The summed E-state index contributed by atoms with van der Waals surface area (Å²) in [7, 11) is 9.27. The van der Waals surface area contributed by atoms with Gasteiger partial charge in [0.05, 0.1) is 24.1 Å². The third-order valence-electron chi connectivity index (χ3n) is 8.82. The predicted molar refractivity (Wildman–Crippen MR) is 195 cm³/mol. The van der Waals surface area contributed by atoms with Gasteiger partial charge < -0.3 is 34.9 Å². The Morgan fingerprint density at radius 3 is 2.46 bits per heavy atom. The molecule has 0 radical (unpaired) electrons. The maximum atomic E-state index is 13.7. The predicted octanol–water partition coefficient (Wildman–Crippen LogP) is 6.48. The number of benzene rings is 3. The molecule has 0 saturated heterocycles. The highest BCUT2D eigenvalue weighted by molar-refractivity contribution is 6.16. The number of fused-ring (bicyclic) bond motifs is 2. The molecule has 0 fully saturated rings. The molecule has 2 aromatic heterocycles. The number of urea groups is 1. The lowest BCUT2D eigenvalue weighted by Gasteiger charge is -2.19. The number of carbonyl (C=O) groups is 3. The number of rotatable bonds is 10. The molecule has 3 N–H and O–H groups in total. The Balaban J connectivity index is 1.21. The van der Waals surface area contributed by atoms with E-state index < -0.39 is 6.03 Å². The first-order chi connectivity index (χ1) is 23.9. The van der Waals surface area contributed by atoms with E-state index in [0.29, 0.717) is 40.5 Å². The molecule has 258 valence electrons. The number of hydrogen-bond donors (Lipinski definition) is 3. The molecule has 3 amide bonds. The van der Waals surface area contributed by atoms with Crippen LogP contribution in [-0.2, 0) is 7.05 Å². The van der Waals surface area contributed by atoms with Crippen molar-refractivity contribution in [3.05, 3.63) is 94.5 Å². The molecule has 0 aliphatic carbocycles. The Kier molecular flexibility index (Phi) is 9.47. The lowest BCUT2D eigenvalue weighted by molar-refractivity contribution is 0.0790. The minimum Gasteiger partial charge on any atom is -0.497 e. The topological polar surface area (TPSA) is 134 Å². The molecule has 0 saturated carbocycles. The number of ketones is 1. The number of anilines is 2. The minimum absolute atomic E-state index is 0.126. The number of H-pyrrole nitrogens is 1. The van der Waals surface area contributed by atoms with Gasteiger partial charge in [-0.1, -0.05) is 6.07 Å². The fourth-order valence-electron chi connectivity index (χ4n) is 6.17. The zero-order valence-electron chi connectivity index (χ0n) is 29.3. The zero-order valence-corrected chi connectivity index (χ0v) is 29.3. The molecule has 0 atom stereocenters. The highest BCUT2D eigenvalue weighted by atomic mass is 16.5. The number of aryl methyl sites for hydroxylation is 2. The van der Waals surface area contributed by atoms with Crippen molar-refractivity contribution in [3.8, 4) is 22.8 Å². The SMILES string of the molecule is COc1ccc2[nH]c(-c3c(C)nn(C)c3C)c(C=C3Oc4ccc(NC(=O)Nc5cccc(C(=O)N(C)CCCN(C)C)c5)cc4C3=O)c2c1. The van der Waals surface area contributed by atoms with Gasteiger partial charge in [0, 0.05) is 65.3 Å². The van der Waals surface area contributed by atoms with E-state index >= 15 is 0 Å². The number of aromatic nitrogens is 3.